The van der Waals surface area contributed by atoms with Gasteiger partial charge in [0.15, 0.2) is 0 Å². The summed E-state index contributed by atoms with van der Waals surface area (Å²) in [5.41, 5.74) is 2.39. The lowest BCUT2D eigenvalue weighted by molar-refractivity contribution is 0.0953. The fourth-order valence-corrected chi connectivity index (χ4v) is 4.91. The number of sulfonamides is 1. The second-order valence-electron chi connectivity index (χ2n) is 7.18. The third kappa shape index (κ3) is 4.80. The molecular weight excluding hydrogens is 372 g/mol. The van der Waals surface area contributed by atoms with Crippen LogP contribution >= 0.6 is 0 Å². The van der Waals surface area contributed by atoms with Gasteiger partial charge >= 0.3 is 0 Å². The van der Waals surface area contributed by atoms with Gasteiger partial charge in [0.05, 0.1) is 4.90 Å². The largest absolute Gasteiger partial charge is 0.352 e. The Morgan fingerprint density at radius 1 is 1.00 bits per heavy atom. The normalized spacial score (nSPS) is 15.3. The Morgan fingerprint density at radius 2 is 1.71 bits per heavy atom. The third-order valence-corrected chi connectivity index (χ3v) is 6.99. The van der Waals surface area contributed by atoms with Crippen molar-refractivity contribution in [1.82, 2.24) is 9.62 Å². The average molecular weight is 401 g/mol. The molecule has 3 rings (SSSR count). The number of carbonyl (C=O) groups is 1. The molecule has 0 bridgehead atoms. The summed E-state index contributed by atoms with van der Waals surface area (Å²) in [6.45, 7) is 3.95. The topological polar surface area (TPSA) is 66.5 Å². The number of nitrogens with zero attached hydrogens (tertiary/aromatic N) is 1. The minimum absolute atomic E-state index is 0.0837. The highest BCUT2D eigenvalue weighted by Gasteiger charge is 2.25. The molecule has 1 heterocycles. The molecule has 1 aliphatic heterocycles. The molecule has 2 aromatic rings. The van der Waals surface area contributed by atoms with Gasteiger partial charge in [-0.1, -0.05) is 44.0 Å². The van der Waals surface area contributed by atoms with Crippen LogP contribution in [0.25, 0.3) is 11.1 Å². The van der Waals surface area contributed by atoms with E-state index in [0.29, 0.717) is 30.1 Å². The number of amides is 1. The highest BCUT2D eigenvalue weighted by atomic mass is 32.2. The highest BCUT2D eigenvalue weighted by Crippen LogP contribution is 2.25. The van der Waals surface area contributed by atoms with Crippen molar-refractivity contribution < 1.29 is 13.2 Å². The van der Waals surface area contributed by atoms with Gasteiger partial charge in [-0.2, -0.15) is 4.31 Å². The molecule has 0 aliphatic carbocycles. The van der Waals surface area contributed by atoms with E-state index in [2.05, 4.69) is 12.2 Å². The fraction of sp³-hybridized carbons (Fsp3) is 0.409. The molecule has 0 atom stereocenters. The van der Waals surface area contributed by atoms with E-state index in [9.17, 15) is 13.2 Å². The number of hydrogen-bond donors (Lipinski definition) is 1. The number of unbranched alkanes of at least 4 members (excludes halogenated alkanes) is 1. The third-order valence-electron chi connectivity index (χ3n) is 5.08. The van der Waals surface area contributed by atoms with E-state index in [-0.39, 0.29) is 5.91 Å². The van der Waals surface area contributed by atoms with Gasteiger partial charge in [0.25, 0.3) is 5.91 Å². The Hall–Kier alpha value is -2.18. The molecule has 1 saturated heterocycles. The van der Waals surface area contributed by atoms with Gasteiger partial charge in [0.2, 0.25) is 10.0 Å². The molecule has 0 saturated carbocycles. The zero-order valence-corrected chi connectivity index (χ0v) is 17.2. The molecule has 0 radical (unpaired) electrons. The molecule has 28 heavy (non-hydrogen) atoms. The molecule has 1 fully saturated rings. The molecule has 0 aromatic heterocycles. The van der Waals surface area contributed by atoms with E-state index in [1.54, 1.807) is 22.5 Å². The zero-order valence-electron chi connectivity index (χ0n) is 16.4. The highest BCUT2D eigenvalue weighted by molar-refractivity contribution is 7.89. The first kappa shape index (κ1) is 20.6. The average Bonchev–Trinajstić information content (AvgIpc) is 2.74. The first-order valence-electron chi connectivity index (χ1n) is 10.0. The number of nitrogens with one attached hydrogen (secondary N) is 1. The maximum Gasteiger partial charge on any atom is 0.251 e. The van der Waals surface area contributed by atoms with Gasteiger partial charge in [-0.15, -0.1) is 0 Å². The molecule has 5 nitrogen and oxygen atoms in total. The van der Waals surface area contributed by atoms with Gasteiger partial charge in [0, 0.05) is 25.2 Å². The Morgan fingerprint density at radius 3 is 2.39 bits per heavy atom. The van der Waals surface area contributed by atoms with Crippen LogP contribution in [-0.4, -0.2) is 38.3 Å². The lowest BCUT2D eigenvalue weighted by Gasteiger charge is -2.25. The number of piperidine rings is 1. The molecule has 2 aromatic carbocycles. The van der Waals surface area contributed by atoms with E-state index >= 15 is 0 Å². The van der Waals surface area contributed by atoms with Gasteiger partial charge < -0.3 is 5.32 Å². The van der Waals surface area contributed by atoms with E-state index < -0.39 is 10.0 Å². The molecule has 150 valence electrons. The summed E-state index contributed by atoms with van der Waals surface area (Å²) in [6, 6.07) is 14.4. The monoisotopic (exact) mass is 400 g/mol. The number of benzene rings is 2. The Balaban J connectivity index is 1.76. The maximum atomic E-state index is 12.8. The second kappa shape index (κ2) is 9.34. The molecule has 1 N–H and O–H groups in total. The maximum absolute atomic E-state index is 12.8. The van der Waals surface area contributed by atoms with Crippen LogP contribution in [0, 0.1) is 0 Å². The summed E-state index contributed by atoms with van der Waals surface area (Å²) in [4.78, 5) is 12.6. The lowest BCUT2D eigenvalue weighted by atomic mass is 10.0. The lowest BCUT2D eigenvalue weighted by Crippen LogP contribution is -2.35. The van der Waals surface area contributed by atoms with Crippen LogP contribution < -0.4 is 5.32 Å². The minimum atomic E-state index is -3.43. The van der Waals surface area contributed by atoms with Gasteiger partial charge in [0.1, 0.15) is 0 Å². The van der Waals surface area contributed by atoms with Crippen molar-refractivity contribution in [2.24, 2.45) is 0 Å². The van der Waals surface area contributed by atoms with Crippen LogP contribution in [0.5, 0.6) is 0 Å². The van der Waals surface area contributed by atoms with Gasteiger partial charge in [-0.25, -0.2) is 8.42 Å². The first-order valence-corrected chi connectivity index (χ1v) is 11.5. The predicted octanol–water partition coefficient (Wildman–Crippen LogP) is 4.06. The predicted molar refractivity (Wildman–Crippen MR) is 112 cm³/mol. The van der Waals surface area contributed by atoms with Crippen molar-refractivity contribution in [1.29, 1.82) is 0 Å². The standard InChI is InChI=1S/C22H28N2O3S/c1-2-3-14-23-22(25)20-9-7-8-19(17-20)18-10-12-21(13-11-18)28(26,27)24-15-5-4-6-16-24/h7-13,17H,2-6,14-16H2,1H3,(H,23,25). The van der Waals surface area contributed by atoms with Crippen molar-refractivity contribution in [3.05, 3.63) is 54.1 Å². The Kier molecular flexibility index (Phi) is 6.86. The van der Waals surface area contributed by atoms with Crippen molar-refractivity contribution in [3.63, 3.8) is 0 Å². The van der Waals surface area contributed by atoms with Crippen molar-refractivity contribution in [2.45, 2.75) is 43.9 Å². The second-order valence-corrected chi connectivity index (χ2v) is 9.12. The number of carbonyl (C=O) groups excluding carboxylic acids is 1. The molecule has 1 aliphatic rings. The Bertz CT molecular complexity index is 902. The quantitative estimate of drug-likeness (QED) is 0.713. The molecule has 6 heteroatoms. The number of rotatable bonds is 7. The molecule has 0 unspecified atom stereocenters. The van der Waals surface area contributed by atoms with Gasteiger partial charge in [-0.3, -0.25) is 4.79 Å². The summed E-state index contributed by atoms with van der Waals surface area (Å²) < 4.78 is 27.1. The fourth-order valence-electron chi connectivity index (χ4n) is 3.39. The van der Waals surface area contributed by atoms with E-state index in [1.165, 1.54) is 0 Å². The SMILES string of the molecule is CCCCNC(=O)c1cccc(-c2ccc(S(=O)(=O)N3CCCCC3)cc2)c1. The summed E-state index contributed by atoms with van der Waals surface area (Å²) in [5, 5.41) is 2.92. The van der Waals surface area contributed by atoms with E-state index in [1.807, 2.05) is 30.3 Å². The zero-order chi connectivity index (χ0) is 20.0. The first-order chi connectivity index (χ1) is 13.5. The summed E-state index contributed by atoms with van der Waals surface area (Å²) >= 11 is 0. The van der Waals surface area contributed by atoms with Crippen LogP contribution in [0.3, 0.4) is 0 Å². The van der Waals surface area contributed by atoms with Crippen molar-refractivity contribution in [3.8, 4) is 11.1 Å². The Labute approximate surface area is 167 Å². The summed E-state index contributed by atoms with van der Waals surface area (Å²) in [7, 11) is -3.43. The molecule has 1 amide bonds. The van der Waals surface area contributed by atoms with Crippen molar-refractivity contribution >= 4 is 15.9 Å². The summed E-state index contributed by atoms with van der Waals surface area (Å²) in [5.74, 6) is -0.0837. The van der Waals surface area contributed by atoms with Crippen LogP contribution in [0.1, 0.15) is 49.4 Å². The van der Waals surface area contributed by atoms with E-state index in [4.69, 9.17) is 0 Å². The van der Waals surface area contributed by atoms with E-state index in [0.717, 1.165) is 43.2 Å². The van der Waals surface area contributed by atoms with Crippen LogP contribution in [0.15, 0.2) is 53.4 Å². The molecular formula is C22H28N2O3S. The van der Waals surface area contributed by atoms with Crippen molar-refractivity contribution in [2.75, 3.05) is 19.6 Å². The van der Waals surface area contributed by atoms with Crippen LogP contribution in [0.2, 0.25) is 0 Å². The van der Waals surface area contributed by atoms with Crippen LogP contribution in [0.4, 0.5) is 0 Å². The van der Waals surface area contributed by atoms with Crippen LogP contribution in [-0.2, 0) is 10.0 Å². The molecule has 0 spiro atoms. The number of hydrogen-bond acceptors (Lipinski definition) is 3. The minimum Gasteiger partial charge on any atom is -0.352 e. The smallest absolute Gasteiger partial charge is 0.251 e. The summed E-state index contributed by atoms with van der Waals surface area (Å²) in [6.07, 6.45) is 4.92. The van der Waals surface area contributed by atoms with Gasteiger partial charge in [-0.05, 0) is 54.7 Å².